The van der Waals surface area contributed by atoms with Gasteiger partial charge in [0.15, 0.2) is 0 Å². The third-order valence-corrected chi connectivity index (χ3v) is 3.66. The molecule has 1 atom stereocenters. The predicted octanol–water partition coefficient (Wildman–Crippen LogP) is 1.98. The molecule has 0 aromatic heterocycles. The van der Waals surface area contributed by atoms with Crippen molar-refractivity contribution in [1.82, 2.24) is 10.6 Å². The highest BCUT2D eigenvalue weighted by Crippen LogP contribution is 2.19. The van der Waals surface area contributed by atoms with Crippen LogP contribution < -0.4 is 15.4 Å². The van der Waals surface area contributed by atoms with Crippen molar-refractivity contribution < 1.29 is 9.53 Å². The Bertz CT molecular complexity index is 436. The lowest BCUT2D eigenvalue weighted by atomic mass is 9.88. The van der Waals surface area contributed by atoms with E-state index in [9.17, 15) is 4.79 Å². The Morgan fingerprint density at radius 3 is 2.75 bits per heavy atom. The summed E-state index contributed by atoms with van der Waals surface area (Å²) in [4.78, 5) is 12.0. The molecule has 1 aliphatic rings. The second kappa shape index (κ2) is 8.12. The summed E-state index contributed by atoms with van der Waals surface area (Å²) >= 11 is 0. The first-order valence-electron chi connectivity index (χ1n) is 6.91. The number of carbonyl (C=O) groups excluding carboxylic acids is 1. The van der Waals surface area contributed by atoms with Crippen molar-refractivity contribution in [3.05, 3.63) is 29.8 Å². The molecule has 5 heteroatoms. The van der Waals surface area contributed by atoms with Gasteiger partial charge < -0.3 is 15.4 Å². The number of hydrogen-bond acceptors (Lipinski definition) is 3. The fourth-order valence-corrected chi connectivity index (χ4v) is 2.17. The fraction of sp³-hybridized carbons (Fsp3) is 0.533. The van der Waals surface area contributed by atoms with E-state index in [4.69, 9.17) is 4.74 Å². The average Bonchev–Trinajstić information content (AvgIpc) is 2.35. The largest absolute Gasteiger partial charge is 0.494 e. The maximum Gasteiger partial charge on any atom is 0.223 e. The van der Waals surface area contributed by atoms with E-state index >= 15 is 0 Å². The van der Waals surface area contributed by atoms with Gasteiger partial charge in [-0.3, -0.25) is 4.79 Å². The molecule has 1 amide bonds. The van der Waals surface area contributed by atoms with Crippen molar-refractivity contribution in [2.45, 2.75) is 20.4 Å². The van der Waals surface area contributed by atoms with Crippen LogP contribution in [0.1, 0.15) is 19.4 Å². The standard InChI is InChI=1S/C15H22N2O2.ClH/c1-3-19-14-7-5-4-6-12(14)10-17-15(18)11(2)13-8-16-9-13;/h4-7,11,13,16H,3,8-10H2,1-2H3,(H,17,18);1H. The minimum Gasteiger partial charge on any atom is -0.494 e. The van der Waals surface area contributed by atoms with E-state index in [-0.39, 0.29) is 24.2 Å². The van der Waals surface area contributed by atoms with E-state index in [1.54, 1.807) is 0 Å². The SMILES string of the molecule is CCOc1ccccc1CNC(=O)C(C)C1CNC1.Cl. The lowest BCUT2D eigenvalue weighted by molar-refractivity contribution is -0.126. The van der Waals surface area contributed by atoms with Gasteiger partial charge in [0.25, 0.3) is 0 Å². The van der Waals surface area contributed by atoms with Crippen molar-refractivity contribution in [2.75, 3.05) is 19.7 Å². The quantitative estimate of drug-likeness (QED) is 0.844. The summed E-state index contributed by atoms with van der Waals surface area (Å²) in [6, 6.07) is 7.83. The van der Waals surface area contributed by atoms with Crippen molar-refractivity contribution >= 4 is 18.3 Å². The van der Waals surface area contributed by atoms with Crippen LogP contribution in [0.2, 0.25) is 0 Å². The van der Waals surface area contributed by atoms with Crippen LogP contribution in [0, 0.1) is 11.8 Å². The van der Waals surface area contributed by atoms with Crippen molar-refractivity contribution in [3.63, 3.8) is 0 Å². The van der Waals surface area contributed by atoms with Crippen LogP contribution in [0.15, 0.2) is 24.3 Å². The summed E-state index contributed by atoms with van der Waals surface area (Å²) in [6.45, 7) is 7.01. The highest BCUT2D eigenvalue weighted by Gasteiger charge is 2.28. The average molecular weight is 299 g/mol. The van der Waals surface area contributed by atoms with Crippen molar-refractivity contribution in [1.29, 1.82) is 0 Å². The molecular weight excluding hydrogens is 276 g/mol. The van der Waals surface area contributed by atoms with E-state index in [0.717, 1.165) is 24.4 Å². The predicted molar refractivity (Wildman–Crippen MR) is 82.2 cm³/mol. The van der Waals surface area contributed by atoms with Gasteiger partial charge in [-0.1, -0.05) is 25.1 Å². The van der Waals surface area contributed by atoms with Crippen LogP contribution in [0.3, 0.4) is 0 Å². The molecule has 20 heavy (non-hydrogen) atoms. The number of nitrogens with one attached hydrogen (secondary N) is 2. The molecule has 1 saturated heterocycles. The van der Waals surface area contributed by atoms with E-state index in [1.807, 2.05) is 38.1 Å². The summed E-state index contributed by atoms with van der Waals surface area (Å²) in [7, 11) is 0. The van der Waals surface area contributed by atoms with Gasteiger partial charge in [-0.2, -0.15) is 0 Å². The third-order valence-electron chi connectivity index (χ3n) is 3.66. The van der Waals surface area contributed by atoms with Gasteiger partial charge in [-0.15, -0.1) is 12.4 Å². The molecule has 0 radical (unpaired) electrons. The molecule has 1 aromatic carbocycles. The Kier molecular flexibility index (Phi) is 6.82. The Hall–Kier alpha value is -1.26. The Morgan fingerprint density at radius 1 is 1.45 bits per heavy atom. The normalized spacial score (nSPS) is 15.7. The second-order valence-electron chi connectivity index (χ2n) is 4.97. The van der Waals surface area contributed by atoms with Gasteiger partial charge in [0.1, 0.15) is 5.75 Å². The lowest BCUT2D eigenvalue weighted by Crippen LogP contribution is -2.49. The second-order valence-corrected chi connectivity index (χ2v) is 4.97. The zero-order chi connectivity index (χ0) is 13.7. The zero-order valence-electron chi connectivity index (χ0n) is 12.0. The molecule has 112 valence electrons. The molecule has 0 saturated carbocycles. The number of carbonyl (C=O) groups is 1. The van der Waals surface area contributed by atoms with Gasteiger partial charge in [-0.05, 0) is 32.0 Å². The van der Waals surface area contributed by atoms with Crippen molar-refractivity contribution in [3.8, 4) is 5.75 Å². The van der Waals surface area contributed by atoms with Crippen LogP contribution in [-0.4, -0.2) is 25.6 Å². The van der Waals surface area contributed by atoms with Crippen LogP contribution in [0.25, 0.3) is 0 Å². The van der Waals surface area contributed by atoms with E-state index in [2.05, 4.69) is 10.6 Å². The highest BCUT2D eigenvalue weighted by atomic mass is 35.5. The first-order chi connectivity index (χ1) is 9.22. The third kappa shape index (κ3) is 4.12. The van der Waals surface area contributed by atoms with Gasteiger partial charge >= 0.3 is 0 Å². The molecule has 2 N–H and O–H groups in total. The summed E-state index contributed by atoms with van der Waals surface area (Å²) in [5, 5.41) is 6.20. The first kappa shape index (κ1) is 16.8. The molecular formula is C15H23ClN2O2. The fourth-order valence-electron chi connectivity index (χ4n) is 2.17. The van der Waals surface area contributed by atoms with Gasteiger partial charge in [0.05, 0.1) is 6.61 Å². The molecule has 2 rings (SSSR count). The zero-order valence-corrected chi connectivity index (χ0v) is 12.8. The minimum atomic E-state index is 0. The van der Waals surface area contributed by atoms with Gasteiger partial charge in [0, 0.05) is 18.0 Å². The van der Waals surface area contributed by atoms with Crippen LogP contribution in [-0.2, 0) is 11.3 Å². The number of amides is 1. The van der Waals surface area contributed by atoms with E-state index in [1.165, 1.54) is 0 Å². The molecule has 0 bridgehead atoms. The monoisotopic (exact) mass is 298 g/mol. The summed E-state index contributed by atoms with van der Waals surface area (Å²) in [6.07, 6.45) is 0. The lowest BCUT2D eigenvalue weighted by Gasteiger charge is -2.31. The molecule has 1 heterocycles. The van der Waals surface area contributed by atoms with E-state index in [0.29, 0.717) is 19.1 Å². The molecule has 1 fully saturated rings. The molecule has 1 aromatic rings. The summed E-state index contributed by atoms with van der Waals surface area (Å²) < 4.78 is 5.55. The Labute approximate surface area is 126 Å². The number of rotatable bonds is 6. The Morgan fingerprint density at radius 2 is 2.15 bits per heavy atom. The molecule has 0 aliphatic carbocycles. The smallest absolute Gasteiger partial charge is 0.223 e. The van der Waals surface area contributed by atoms with Crippen LogP contribution >= 0.6 is 12.4 Å². The van der Waals surface area contributed by atoms with Crippen LogP contribution in [0.4, 0.5) is 0 Å². The molecule has 1 unspecified atom stereocenters. The van der Waals surface area contributed by atoms with Gasteiger partial charge in [0.2, 0.25) is 5.91 Å². The Balaban J connectivity index is 0.00000200. The molecule has 1 aliphatic heterocycles. The van der Waals surface area contributed by atoms with Crippen LogP contribution in [0.5, 0.6) is 5.75 Å². The van der Waals surface area contributed by atoms with Crippen molar-refractivity contribution in [2.24, 2.45) is 11.8 Å². The number of ether oxygens (including phenoxy) is 1. The number of benzene rings is 1. The number of halogens is 1. The molecule has 0 spiro atoms. The first-order valence-corrected chi connectivity index (χ1v) is 6.91. The maximum atomic E-state index is 12.0. The van der Waals surface area contributed by atoms with E-state index < -0.39 is 0 Å². The topological polar surface area (TPSA) is 50.4 Å². The minimum absolute atomic E-state index is 0. The summed E-state index contributed by atoms with van der Waals surface area (Å²) in [5.41, 5.74) is 1.02. The number of para-hydroxylation sites is 1. The number of hydrogen-bond donors (Lipinski definition) is 2. The van der Waals surface area contributed by atoms with Gasteiger partial charge in [-0.25, -0.2) is 0 Å². The maximum absolute atomic E-state index is 12.0. The molecule has 4 nitrogen and oxygen atoms in total. The summed E-state index contributed by atoms with van der Waals surface area (Å²) in [5.74, 6) is 1.52. The highest BCUT2D eigenvalue weighted by molar-refractivity contribution is 5.85.